The van der Waals surface area contributed by atoms with Gasteiger partial charge >= 0.3 is 0 Å². The minimum atomic E-state index is -0.333. The molecule has 1 aliphatic carbocycles. The van der Waals surface area contributed by atoms with Gasteiger partial charge in [-0.2, -0.15) is 0 Å². The predicted molar refractivity (Wildman–Crippen MR) is 75.1 cm³/mol. The lowest BCUT2D eigenvalue weighted by Crippen LogP contribution is -2.39. The van der Waals surface area contributed by atoms with Crippen molar-refractivity contribution in [1.82, 2.24) is 15.2 Å². The lowest BCUT2D eigenvalue weighted by molar-refractivity contribution is -0.121. The highest BCUT2D eigenvalue weighted by molar-refractivity contribution is 9.10. The molecule has 0 spiro atoms. The molecule has 5 nitrogen and oxygen atoms in total. The van der Waals surface area contributed by atoms with Gasteiger partial charge in [-0.1, -0.05) is 11.6 Å². The first-order valence-corrected chi connectivity index (χ1v) is 7.00. The molecule has 1 heterocycles. The number of carbonyl (C=O) groups excluding carboxylic acids is 2. The molecule has 1 aliphatic rings. The summed E-state index contributed by atoms with van der Waals surface area (Å²) in [4.78, 5) is 29.0. The molecule has 0 bridgehead atoms. The van der Waals surface area contributed by atoms with Crippen LogP contribution >= 0.6 is 27.5 Å². The zero-order valence-corrected chi connectivity index (χ0v) is 12.7. The number of likely N-dealkylation sites (N-methyl/N-ethyl adjacent to an activating group) is 1. The van der Waals surface area contributed by atoms with Crippen molar-refractivity contribution in [2.75, 3.05) is 13.6 Å². The number of nitrogens with one attached hydrogen (secondary N) is 1. The van der Waals surface area contributed by atoms with Gasteiger partial charge in [0, 0.05) is 19.3 Å². The number of amides is 2. The van der Waals surface area contributed by atoms with Crippen LogP contribution in [0.4, 0.5) is 0 Å². The number of aromatic nitrogens is 1. The van der Waals surface area contributed by atoms with Crippen molar-refractivity contribution in [3.05, 3.63) is 27.5 Å². The van der Waals surface area contributed by atoms with Crippen LogP contribution in [0.3, 0.4) is 0 Å². The first-order valence-electron chi connectivity index (χ1n) is 5.83. The molecule has 0 atom stereocenters. The number of halogens is 2. The Morgan fingerprint density at radius 1 is 1.58 bits per heavy atom. The van der Waals surface area contributed by atoms with E-state index in [0.717, 1.165) is 12.8 Å². The summed E-state index contributed by atoms with van der Waals surface area (Å²) in [5, 5.41) is 3.24. The maximum Gasteiger partial charge on any atom is 0.272 e. The summed E-state index contributed by atoms with van der Waals surface area (Å²) in [6, 6.07) is 1.76. The summed E-state index contributed by atoms with van der Waals surface area (Å²) in [6.45, 7) is 0.0185. The first-order chi connectivity index (χ1) is 8.97. The van der Waals surface area contributed by atoms with E-state index in [1.165, 1.54) is 17.2 Å². The Bertz CT molecular complexity index is 520. The molecule has 19 heavy (non-hydrogen) atoms. The van der Waals surface area contributed by atoms with E-state index in [1.54, 1.807) is 7.05 Å². The molecular formula is C12H13BrClN3O2. The van der Waals surface area contributed by atoms with Gasteiger partial charge < -0.3 is 10.2 Å². The number of rotatable bonds is 4. The van der Waals surface area contributed by atoms with Crippen molar-refractivity contribution in [1.29, 1.82) is 0 Å². The van der Waals surface area contributed by atoms with E-state index in [-0.39, 0.29) is 30.1 Å². The van der Waals surface area contributed by atoms with Gasteiger partial charge in [-0.3, -0.25) is 9.59 Å². The summed E-state index contributed by atoms with van der Waals surface area (Å²) in [5.41, 5.74) is 0.218. The van der Waals surface area contributed by atoms with Gasteiger partial charge in [0.1, 0.15) is 5.69 Å². The van der Waals surface area contributed by atoms with Crippen molar-refractivity contribution >= 4 is 39.3 Å². The molecule has 1 saturated carbocycles. The van der Waals surface area contributed by atoms with Gasteiger partial charge in [0.2, 0.25) is 5.91 Å². The number of nitrogens with zero attached hydrogens (tertiary/aromatic N) is 2. The van der Waals surface area contributed by atoms with Crippen molar-refractivity contribution in [2.24, 2.45) is 0 Å². The molecular weight excluding hydrogens is 334 g/mol. The van der Waals surface area contributed by atoms with Crippen LogP contribution in [0.25, 0.3) is 0 Å². The average molecular weight is 347 g/mol. The molecule has 7 heteroatoms. The Hall–Kier alpha value is -1.14. The topological polar surface area (TPSA) is 62.3 Å². The molecule has 2 amide bonds. The lowest BCUT2D eigenvalue weighted by Gasteiger charge is -2.16. The Morgan fingerprint density at radius 3 is 2.84 bits per heavy atom. The second-order valence-electron chi connectivity index (χ2n) is 4.49. The molecule has 0 aliphatic heterocycles. The van der Waals surface area contributed by atoms with Crippen molar-refractivity contribution < 1.29 is 9.59 Å². The molecule has 1 aromatic heterocycles. The third-order valence-corrected chi connectivity index (χ3v) is 3.87. The number of hydrogen-bond donors (Lipinski definition) is 1. The fourth-order valence-corrected chi connectivity index (χ4v) is 1.88. The predicted octanol–water partition coefficient (Wildman–Crippen LogP) is 1.85. The zero-order valence-electron chi connectivity index (χ0n) is 10.3. The molecule has 0 radical (unpaired) electrons. The number of pyridine rings is 1. The minimum Gasteiger partial charge on any atom is -0.352 e. The molecule has 0 unspecified atom stereocenters. The summed E-state index contributed by atoms with van der Waals surface area (Å²) in [7, 11) is 1.56. The maximum absolute atomic E-state index is 12.1. The number of hydrogen-bond acceptors (Lipinski definition) is 3. The quantitative estimate of drug-likeness (QED) is 0.905. The van der Waals surface area contributed by atoms with Crippen LogP contribution < -0.4 is 5.32 Å². The monoisotopic (exact) mass is 345 g/mol. The van der Waals surface area contributed by atoms with Crippen LogP contribution in [0.15, 0.2) is 16.7 Å². The summed E-state index contributed by atoms with van der Waals surface area (Å²) >= 11 is 9.11. The Labute approximate surface area is 124 Å². The standard InChI is InChI=1S/C12H13BrClN3O2/c1-17(6-11(18)16-7-2-3-7)12(19)10-4-9(14)8(13)5-15-10/h4-5,7H,2-3,6H2,1H3,(H,16,18). The van der Waals surface area contributed by atoms with E-state index in [9.17, 15) is 9.59 Å². The third-order valence-electron chi connectivity index (χ3n) is 2.70. The summed E-state index contributed by atoms with van der Waals surface area (Å²) < 4.78 is 0.625. The highest BCUT2D eigenvalue weighted by Gasteiger charge is 2.24. The highest BCUT2D eigenvalue weighted by Crippen LogP contribution is 2.22. The maximum atomic E-state index is 12.1. The van der Waals surface area contributed by atoms with Gasteiger partial charge in [0.25, 0.3) is 5.91 Å². The second kappa shape index (κ2) is 5.88. The van der Waals surface area contributed by atoms with Gasteiger partial charge in [-0.15, -0.1) is 0 Å². The van der Waals surface area contributed by atoms with Gasteiger partial charge in [-0.05, 0) is 34.8 Å². The Balaban J connectivity index is 1.97. The molecule has 1 N–H and O–H groups in total. The van der Waals surface area contributed by atoms with Gasteiger partial charge in [0.05, 0.1) is 16.0 Å². The van der Waals surface area contributed by atoms with Crippen LogP contribution in [-0.2, 0) is 4.79 Å². The lowest BCUT2D eigenvalue weighted by atomic mass is 10.3. The second-order valence-corrected chi connectivity index (χ2v) is 5.75. The smallest absolute Gasteiger partial charge is 0.272 e. The van der Waals surface area contributed by atoms with Crippen molar-refractivity contribution in [3.8, 4) is 0 Å². The molecule has 102 valence electrons. The van der Waals surface area contributed by atoms with Crippen LogP contribution in [0.2, 0.25) is 5.02 Å². The molecule has 2 rings (SSSR count). The van der Waals surface area contributed by atoms with Crippen molar-refractivity contribution in [2.45, 2.75) is 18.9 Å². The molecule has 1 aromatic rings. The normalized spacial score (nSPS) is 14.1. The van der Waals surface area contributed by atoms with Gasteiger partial charge in [-0.25, -0.2) is 4.98 Å². The zero-order chi connectivity index (χ0) is 14.0. The molecule has 1 fully saturated rings. The first kappa shape index (κ1) is 14.3. The van der Waals surface area contributed by atoms with Crippen LogP contribution in [0.5, 0.6) is 0 Å². The van der Waals surface area contributed by atoms with Crippen LogP contribution in [0, 0.1) is 0 Å². The largest absolute Gasteiger partial charge is 0.352 e. The van der Waals surface area contributed by atoms with Crippen LogP contribution in [-0.4, -0.2) is 41.3 Å². The minimum absolute atomic E-state index is 0.0185. The summed E-state index contributed by atoms with van der Waals surface area (Å²) in [5.74, 6) is -0.484. The van der Waals surface area contributed by atoms with E-state index in [1.807, 2.05) is 0 Å². The van der Waals surface area contributed by atoms with E-state index in [4.69, 9.17) is 11.6 Å². The van der Waals surface area contributed by atoms with Crippen molar-refractivity contribution in [3.63, 3.8) is 0 Å². The third kappa shape index (κ3) is 3.91. The highest BCUT2D eigenvalue weighted by atomic mass is 79.9. The summed E-state index contributed by atoms with van der Waals surface area (Å²) in [6.07, 6.45) is 3.51. The fourth-order valence-electron chi connectivity index (χ4n) is 1.51. The Kier molecular flexibility index (Phi) is 4.42. The van der Waals surface area contributed by atoms with E-state index in [2.05, 4.69) is 26.2 Å². The van der Waals surface area contributed by atoms with E-state index in [0.29, 0.717) is 9.50 Å². The van der Waals surface area contributed by atoms with Crippen LogP contribution in [0.1, 0.15) is 23.3 Å². The Morgan fingerprint density at radius 2 is 2.26 bits per heavy atom. The molecule has 0 saturated heterocycles. The average Bonchev–Trinajstić information content (AvgIpc) is 3.15. The van der Waals surface area contributed by atoms with Gasteiger partial charge in [0.15, 0.2) is 0 Å². The fraction of sp³-hybridized carbons (Fsp3) is 0.417. The molecule has 0 aromatic carbocycles. The number of carbonyl (C=O) groups is 2. The van der Waals surface area contributed by atoms with E-state index >= 15 is 0 Å². The SMILES string of the molecule is CN(CC(=O)NC1CC1)C(=O)c1cc(Cl)c(Br)cn1. The van der Waals surface area contributed by atoms with E-state index < -0.39 is 0 Å².